The van der Waals surface area contributed by atoms with Crippen LogP contribution in [0.25, 0.3) is 0 Å². The van der Waals surface area contributed by atoms with Crippen molar-refractivity contribution in [2.75, 3.05) is 6.54 Å². The summed E-state index contributed by atoms with van der Waals surface area (Å²) in [5, 5.41) is 0. The summed E-state index contributed by atoms with van der Waals surface area (Å²) in [5.41, 5.74) is 1.09. The lowest BCUT2D eigenvalue weighted by atomic mass is 9.94. The van der Waals surface area contributed by atoms with Gasteiger partial charge < -0.3 is 0 Å². The quantitative estimate of drug-likeness (QED) is 0.536. The fourth-order valence-electron chi connectivity index (χ4n) is 2.75. The van der Waals surface area contributed by atoms with Gasteiger partial charge in [-0.2, -0.15) is 0 Å². The molecule has 1 heteroatoms. The average Bonchev–Trinajstić information content (AvgIpc) is 2.56. The van der Waals surface area contributed by atoms with Gasteiger partial charge in [0, 0.05) is 11.6 Å². The number of hydrogen-bond donors (Lipinski definition) is 0. The maximum Gasteiger partial charge on any atom is 0.0161 e. The molecule has 2 unspecified atom stereocenters. The summed E-state index contributed by atoms with van der Waals surface area (Å²) in [7, 11) is 0. The van der Waals surface area contributed by atoms with Crippen molar-refractivity contribution in [2.45, 2.75) is 58.5 Å². The minimum Gasteiger partial charge on any atom is -0.295 e. The summed E-state index contributed by atoms with van der Waals surface area (Å²) in [5.74, 6) is 0. The van der Waals surface area contributed by atoms with Gasteiger partial charge in [0.1, 0.15) is 0 Å². The van der Waals surface area contributed by atoms with Crippen molar-refractivity contribution >= 4 is 0 Å². The van der Waals surface area contributed by atoms with Crippen LogP contribution in [0.3, 0.4) is 0 Å². The number of rotatable bonds is 0. The number of fused-ring (bicyclic) bond motifs is 1. The minimum absolute atomic E-state index is 0.392. The second kappa shape index (κ2) is 2.25. The maximum absolute atomic E-state index is 2.70. The summed E-state index contributed by atoms with van der Waals surface area (Å²) in [6, 6.07) is 0.909. The third-order valence-corrected chi connectivity index (χ3v) is 3.69. The van der Waals surface area contributed by atoms with Crippen LogP contribution in [0.5, 0.6) is 0 Å². The molecule has 2 rings (SSSR count). The number of likely N-dealkylation sites (tertiary alicyclic amines) is 1. The highest BCUT2D eigenvalue weighted by molar-refractivity contribution is 5.10. The fourth-order valence-corrected chi connectivity index (χ4v) is 2.75. The van der Waals surface area contributed by atoms with Gasteiger partial charge in [0.15, 0.2) is 0 Å². The van der Waals surface area contributed by atoms with Crippen LogP contribution in [-0.4, -0.2) is 23.0 Å². The van der Waals surface area contributed by atoms with E-state index in [-0.39, 0.29) is 0 Å². The predicted octanol–water partition coefficient (Wildman–Crippen LogP) is 2.66. The molecule has 70 valence electrons. The summed E-state index contributed by atoms with van der Waals surface area (Å²) in [4.78, 5) is 2.70. The van der Waals surface area contributed by atoms with Crippen LogP contribution >= 0.6 is 0 Å². The lowest BCUT2D eigenvalue weighted by Crippen LogP contribution is -2.47. The Morgan fingerprint density at radius 3 is 2.50 bits per heavy atom. The van der Waals surface area contributed by atoms with Crippen LogP contribution in [0.4, 0.5) is 0 Å². The highest BCUT2D eigenvalue weighted by atomic mass is 15.3. The van der Waals surface area contributed by atoms with Crippen LogP contribution in [0.2, 0.25) is 0 Å². The molecule has 0 amide bonds. The Balaban J connectivity index is 2.09. The Bertz CT molecular complexity index is 192. The van der Waals surface area contributed by atoms with Crippen molar-refractivity contribution in [3.05, 3.63) is 0 Å². The lowest BCUT2D eigenvalue weighted by molar-refractivity contribution is 0.0800. The largest absolute Gasteiger partial charge is 0.295 e. The lowest BCUT2D eigenvalue weighted by Gasteiger charge is -2.40. The Hall–Kier alpha value is -0.0400. The molecule has 0 radical (unpaired) electrons. The number of piperidine rings is 1. The zero-order valence-corrected chi connectivity index (χ0v) is 8.85. The van der Waals surface area contributed by atoms with E-state index in [4.69, 9.17) is 0 Å². The normalized spacial score (nSPS) is 42.5. The molecule has 0 spiro atoms. The fraction of sp³-hybridized carbons (Fsp3) is 1.00. The molecule has 12 heavy (non-hydrogen) atoms. The standard InChI is InChI=1S/C11H21N/c1-10(2,3)12-7-5-6-11(4)8-9(11)12/h9H,5-8H2,1-4H3. The molecule has 2 fully saturated rings. The van der Waals surface area contributed by atoms with E-state index >= 15 is 0 Å². The summed E-state index contributed by atoms with van der Waals surface area (Å²) in [6.45, 7) is 10.8. The summed E-state index contributed by atoms with van der Waals surface area (Å²) < 4.78 is 0. The van der Waals surface area contributed by atoms with Crippen molar-refractivity contribution < 1.29 is 0 Å². The smallest absolute Gasteiger partial charge is 0.0161 e. The Morgan fingerprint density at radius 1 is 1.33 bits per heavy atom. The van der Waals surface area contributed by atoms with E-state index < -0.39 is 0 Å². The molecule has 1 aliphatic heterocycles. The summed E-state index contributed by atoms with van der Waals surface area (Å²) >= 11 is 0. The zero-order valence-electron chi connectivity index (χ0n) is 8.85. The Labute approximate surface area is 76.1 Å². The van der Waals surface area contributed by atoms with Gasteiger partial charge in [-0.3, -0.25) is 4.90 Å². The molecule has 1 aliphatic carbocycles. The van der Waals surface area contributed by atoms with Gasteiger partial charge in [-0.25, -0.2) is 0 Å². The molecule has 1 saturated heterocycles. The Kier molecular flexibility index (Phi) is 1.61. The molecule has 1 saturated carbocycles. The van der Waals surface area contributed by atoms with E-state index in [1.54, 1.807) is 0 Å². The van der Waals surface area contributed by atoms with E-state index in [1.165, 1.54) is 25.8 Å². The first-order valence-corrected chi connectivity index (χ1v) is 5.20. The summed E-state index contributed by atoms with van der Waals surface area (Å²) in [6.07, 6.45) is 4.32. The van der Waals surface area contributed by atoms with Crippen LogP contribution in [0.15, 0.2) is 0 Å². The van der Waals surface area contributed by atoms with Crippen molar-refractivity contribution in [3.63, 3.8) is 0 Å². The molecule has 0 bridgehead atoms. The van der Waals surface area contributed by atoms with Crippen molar-refractivity contribution in [2.24, 2.45) is 5.41 Å². The topological polar surface area (TPSA) is 3.24 Å². The molecule has 2 aliphatic rings. The maximum atomic E-state index is 2.70. The van der Waals surface area contributed by atoms with Crippen molar-refractivity contribution in [1.82, 2.24) is 4.90 Å². The first kappa shape index (κ1) is 8.55. The minimum atomic E-state index is 0.392. The second-order valence-electron chi connectivity index (χ2n) is 5.84. The van der Waals surface area contributed by atoms with Crippen molar-refractivity contribution in [1.29, 1.82) is 0 Å². The van der Waals surface area contributed by atoms with E-state index in [9.17, 15) is 0 Å². The molecule has 1 nitrogen and oxygen atoms in total. The van der Waals surface area contributed by atoms with Crippen LogP contribution < -0.4 is 0 Å². The zero-order chi connectivity index (χ0) is 8.98. The predicted molar refractivity (Wildman–Crippen MR) is 52.2 cm³/mol. The average molecular weight is 167 g/mol. The van der Waals surface area contributed by atoms with Gasteiger partial charge >= 0.3 is 0 Å². The highest BCUT2D eigenvalue weighted by Crippen LogP contribution is 2.56. The highest BCUT2D eigenvalue weighted by Gasteiger charge is 2.56. The monoisotopic (exact) mass is 167 g/mol. The Morgan fingerprint density at radius 2 is 2.00 bits per heavy atom. The SMILES string of the molecule is CC12CCCN(C(C)(C)C)C1C2. The molecular weight excluding hydrogens is 146 g/mol. The van der Waals surface area contributed by atoms with Gasteiger partial charge in [-0.05, 0) is 52.0 Å². The van der Waals surface area contributed by atoms with E-state index in [0.29, 0.717) is 11.0 Å². The number of hydrogen-bond acceptors (Lipinski definition) is 1. The molecule has 1 heterocycles. The van der Waals surface area contributed by atoms with Gasteiger partial charge in [0.2, 0.25) is 0 Å². The first-order chi connectivity index (χ1) is 5.43. The van der Waals surface area contributed by atoms with E-state index in [1.807, 2.05) is 0 Å². The van der Waals surface area contributed by atoms with Gasteiger partial charge in [-0.1, -0.05) is 6.92 Å². The second-order valence-corrected chi connectivity index (χ2v) is 5.84. The molecule has 0 aromatic heterocycles. The van der Waals surface area contributed by atoms with Gasteiger partial charge in [0.05, 0.1) is 0 Å². The third-order valence-electron chi connectivity index (χ3n) is 3.69. The molecule has 2 atom stereocenters. The number of nitrogens with zero attached hydrogens (tertiary/aromatic N) is 1. The molecule has 0 N–H and O–H groups in total. The van der Waals surface area contributed by atoms with E-state index in [0.717, 1.165) is 6.04 Å². The van der Waals surface area contributed by atoms with Crippen LogP contribution in [0.1, 0.15) is 47.0 Å². The van der Waals surface area contributed by atoms with E-state index in [2.05, 4.69) is 32.6 Å². The molecule has 0 aromatic carbocycles. The van der Waals surface area contributed by atoms with Crippen molar-refractivity contribution in [3.8, 4) is 0 Å². The van der Waals surface area contributed by atoms with Gasteiger partial charge in [-0.15, -0.1) is 0 Å². The van der Waals surface area contributed by atoms with Gasteiger partial charge in [0.25, 0.3) is 0 Å². The first-order valence-electron chi connectivity index (χ1n) is 5.20. The molecule has 0 aromatic rings. The third kappa shape index (κ3) is 1.19. The molecular formula is C11H21N. The van der Waals surface area contributed by atoms with Crippen LogP contribution in [-0.2, 0) is 0 Å². The van der Waals surface area contributed by atoms with Crippen LogP contribution in [0, 0.1) is 5.41 Å².